The highest BCUT2D eigenvalue weighted by Gasteiger charge is 2.11. The molecule has 0 aromatic heterocycles. The zero-order valence-corrected chi connectivity index (χ0v) is 17.4. The smallest absolute Gasteiger partial charge is 0.257 e. The molecule has 0 aliphatic heterocycles. The maximum absolute atomic E-state index is 12.4. The van der Waals surface area contributed by atoms with Crippen molar-refractivity contribution in [2.75, 3.05) is 5.32 Å². The molecule has 2 aromatic rings. The van der Waals surface area contributed by atoms with Gasteiger partial charge in [0.25, 0.3) is 5.91 Å². The van der Waals surface area contributed by atoms with E-state index in [9.17, 15) is 9.59 Å². The minimum Gasteiger partial charge on any atom is -0.322 e. The van der Waals surface area contributed by atoms with E-state index in [1.54, 1.807) is 37.3 Å². The number of benzene rings is 2. The van der Waals surface area contributed by atoms with Crippen molar-refractivity contribution in [1.29, 1.82) is 0 Å². The lowest BCUT2D eigenvalue weighted by molar-refractivity contribution is -0.121. The maximum Gasteiger partial charge on any atom is 0.257 e. The van der Waals surface area contributed by atoms with Crippen molar-refractivity contribution >= 4 is 46.4 Å². The first-order chi connectivity index (χ1) is 13.4. The van der Waals surface area contributed by atoms with Crippen molar-refractivity contribution in [3.63, 3.8) is 0 Å². The molecule has 0 saturated carbocycles. The number of nitrogens with zero attached hydrogens (tertiary/aromatic N) is 1. The van der Waals surface area contributed by atoms with E-state index < -0.39 is 0 Å². The summed E-state index contributed by atoms with van der Waals surface area (Å²) < 4.78 is 0. The van der Waals surface area contributed by atoms with Gasteiger partial charge in [0.1, 0.15) is 0 Å². The van der Waals surface area contributed by atoms with Crippen LogP contribution < -0.4 is 10.7 Å². The van der Waals surface area contributed by atoms with Crippen molar-refractivity contribution in [3.05, 3.63) is 63.6 Å². The van der Waals surface area contributed by atoms with Gasteiger partial charge < -0.3 is 5.32 Å². The van der Waals surface area contributed by atoms with Crippen molar-refractivity contribution < 1.29 is 9.59 Å². The Hall–Kier alpha value is -2.37. The van der Waals surface area contributed by atoms with E-state index in [0.29, 0.717) is 28.4 Å². The number of hydrogen-bond donors (Lipinski definition) is 2. The Labute approximate surface area is 175 Å². The molecule has 2 amide bonds. The Morgan fingerprint density at radius 1 is 1.07 bits per heavy atom. The number of halogens is 2. The number of nitrogens with one attached hydrogen (secondary N) is 2. The summed E-state index contributed by atoms with van der Waals surface area (Å²) in [5.74, 6) is -0.438. The van der Waals surface area contributed by atoms with Crippen LogP contribution in [0.3, 0.4) is 0 Å². The molecule has 0 spiro atoms. The molecule has 0 heterocycles. The first-order valence-electron chi connectivity index (χ1n) is 9.10. The Bertz CT molecular complexity index is 882. The molecule has 2 aromatic carbocycles. The van der Waals surface area contributed by atoms with Gasteiger partial charge in [-0.1, -0.05) is 55.1 Å². The monoisotopic (exact) mass is 419 g/mol. The zero-order chi connectivity index (χ0) is 20.5. The van der Waals surface area contributed by atoms with Crippen LogP contribution in [0.4, 0.5) is 5.69 Å². The van der Waals surface area contributed by atoms with Crippen molar-refractivity contribution in [2.45, 2.75) is 39.5 Å². The average molecular weight is 420 g/mol. The summed E-state index contributed by atoms with van der Waals surface area (Å²) in [6.07, 6.45) is 3.40. The van der Waals surface area contributed by atoms with Crippen LogP contribution in [0.1, 0.15) is 55.5 Å². The second-order valence-corrected chi connectivity index (χ2v) is 7.19. The van der Waals surface area contributed by atoms with Crippen molar-refractivity contribution in [3.8, 4) is 0 Å². The van der Waals surface area contributed by atoms with Crippen LogP contribution in [0, 0.1) is 0 Å². The van der Waals surface area contributed by atoms with Gasteiger partial charge in [0.15, 0.2) is 0 Å². The largest absolute Gasteiger partial charge is 0.322 e. The Morgan fingerprint density at radius 3 is 2.57 bits per heavy atom. The lowest BCUT2D eigenvalue weighted by Crippen LogP contribution is -2.19. The summed E-state index contributed by atoms with van der Waals surface area (Å²) in [5, 5.41) is 7.70. The number of carbonyl (C=O) groups is 2. The van der Waals surface area contributed by atoms with Crippen LogP contribution in [0.25, 0.3) is 0 Å². The van der Waals surface area contributed by atoms with Gasteiger partial charge in [0, 0.05) is 17.1 Å². The van der Waals surface area contributed by atoms with Crippen LogP contribution in [-0.2, 0) is 4.79 Å². The molecule has 0 radical (unpaired) electrons. The van der Waals surface area contributed by atoms with Crippen LogP contribution in [0.15, 0.2) is 47.6 Å². The lowest BCUT2D eigenvalue weighted by Gasteiger charge is -2.09. The van der Waals surface area contributed by atoms with Gasteiger partial charge >= 0.3 is 0 Å². The van der Waals surface area contributed by atoms with Gasteiger partial charge in [-0.2, -0.15) is 5.10 Å². The lowest BCUT2D eigenvalue weighted by atomic mass is 10.1. The van der Waals surface area contributed by atoms with E-state index in [0.717, 1.165) is 24.8 Å². The minimum absolute atomic E-state index is 0.102. The number of anilines is 1. The Morgan fingerprint density at radius 2 is 1.86 bits per heavy atom. The van der Waals surface area contributed by atoms with Crippen LogP contribution in [0.5, 0.6) is 0 Å². The Balaban J connectivity index is 2.03. The molecule has 0 unspecified atom stereocenters. The SMILES string of the molecule is CCCCCC(=O)NN=C(C)c1cccc(NC(=O)c2ccc(Cl)cc2Cl)c1. The third-order valence-electron chi connectivity index (χ3n) is 4.07. The molecule has 28 heavy (non-hydrogen) atoms. The van der Waals surface area contributed by atoms with E-state index in [2.05, 4.69) is 22.8 Å². The molecule has 2 N–H and O–H groups in total. The maximum atomic E-state index is 12.4. The topological polar surface area (TPSA) is 70.6 Å². The number of hydrazone groups is 1. The molecule has 0 fully saturated rings. The van der Waals surface area contributed by atoms with Gasteiger partial charge in [-0.05, 0) is 49.2 Å². The minimum atomic E-state index is -0.336. The third kappa shape index (κ3) is 6.66. The van der Waals surface area contributed by atoms with E-state index in [-0.39, 0.29) is 16.8 Å². The summed E-state index contributed by atoms with van der Waals surface area (Å²) in [6, 6.07) is 11.9. The first kappa shape index (κ1) is 21.9. The fourth-order valence-corrected chi connectivity index (χ4v) is 2.99. The standard InChI is InChI=1S/C21H23Cl2N3O2/c1-3-4-5-9-20(27)26-25-14(2)15-7-6-8-17(12-15)24-21(28)18-11-10-16(22)13-19(18)23/h6-8,10-13H,3-5,9H2,1-2H3,(H,24,28)(H,26,27). The molecular formula is C21H23Cl2N3O2. The molecule has 0 atom stereocenters. The van der Waals surface area contributed by atoms with E-state index >= 15 is 0 Å². The van der Waals surface area contributed by atoms with Crippen LogP contribution >= 0.6 is 23.2 Å². The molecule has 2 rings (SSSR count). The third-order valence-corrected chi connectivity index (χ3v) is 4.62. The Kier molecular flexibility index (Phi) is 8.48. The fourth-order valence-electron chi connectivity index (χ4n) is 2.50. The predicted molar refractivity (Wildman–Crippen MR) is 115 cm³/mol. The van der Waals surface area contributed by atoms with Gasteiger partial charge in [0.05, 0.1) is 16.3 Å². The van der Waals surface area contributed by atoms with Crippen LogP contribution in [0.2, 0.25) is 10.0 Å². The number of hydrogen-bond acceptors (Lipinski definition) is 3. The summed E-state index contributed by atoms with van der Waals surface area (Å²) in [5.41, 5.74) is 4.93. The first-order valence-corrected chi connectivity index (χ1v) is 9.86. The van der Waals surface area contributed by atoms with E-state index in [1.807, 2.05) is 6.07 Å². The quantitative estimate of drug-likeness (QED) is 0.328. The zero-order valence-electron chi connectivity index (χ0n) is 15.9. The second kappa shape index (κ2) is 10.8. The molecule has 0 saturated heterocycles. The van der Waals surface area contributed by atoms with Crippen molar-refractivity contribution in [2.24, 2.45) is 5.10 Å². The highest BCUT2D eigenvalue weighted by atomic mass is 35.5. The molecule has 7 heteroatoms. The second-order valence-electron chi connectivity index (χ2n) is 6.35. The molecule has 148 valence electrons. The van der Waals surface area contributed by atoms with E-state index in [1.165, 1.54) is 6.07 Å². The van der Waals surface area contributed by atoms with Gasteiger partial charge in [-0.25, -0.2) is 5.43 Å². The molecule has 0 aliphatic carbocycles. The summed E-state index contributed by atoms with van der Waals surface area (Å²) in [4.78, 5) is 24.2. The number of amides is 2. The molecular weight excluding hydrogens is 397 g/mol. The fraction of sp³-hybridized carbons (Fsp3) is 0.286. The predicted octanol–water partition coefficient (Wildman–Crippen LogP) is 5.67. The summed E-state index contributed by atoms with van der Waals surface area (Å²) in [7, 11) is 0. The highest BCUT2D eigenvalue weighted by molar-refractivity contribution is 6.37. The van der Waals surface area contributed by atoms with Crippen molar-refractivity contribution in [1.82, 2.24) is 5.43 Å². The van der Waals surface area contributed by atoms with Gasteiger partial charge in [0.2, 0.25) is 5.91 Å². The average Bonchev–Trinajstić information content (AvgIpc) is 2.66. The summed E-state index contributed by atoms with van der Waals surface area (Å²) >= 11 is 11.9. The van der Waals surface area contributed by atoms with Gasteiger partial charge in [-0.15, -0.1) is 0 Å². The highest BCUT2D eigenvalue weighted by Crippen LogP contribution is 2.22. The summed E-state index contributed by atoms with van der Waals surface area (Å²) in [6.45, 7) is 3.89. The molecule has 0 bridgehead atoms. The molecule has 5 nitrogen and oxygen atoms in total. The number of rotatable bonds is 8. The molecule has 0 aliphatic rings. The normalized spacial score (nSPS) is 11.2. The number of carbonyl (C=O) groups excluding carboxylic acids is 2. The number of unbranched alkanes of at least 4 members (excludes halogenated alkanes) is 2. The van der Waals surface area contributed by atoms with E-state index in [4.69, 9.17) is 23.2 Å². The van der Waals surface area contributed by atoms with Gasteiger partial charge in [-0.3, -0.25) is 9.59 Å². The van der Waals surface area contributed by atoms with Crippen LogP contribution in [-0.4, -0.2) is 17.5 Å².